The minimum Gasteiger partial charge on any atom is -0.383 e. The fourth-order valence-corrected chi connectivity index (χ4v) is 3.23. The van der Waals surface area contributed by atoms with Crippen LogP contribution in [0.25, 0.3) is 0 Å². The zero-order valence-corrected chi connectivity index (χ0v) is 19.0. The van der Waals surface area contributed by atoms with Crippen LogP contribution in [0.1, 0.15) is 29.8 Å². The number of aromatic nitrogens is 2. The number of nitrogen functional groups attached to an aromatic ring is 1. The molecule has 0 aliphatic carbocycles. The number of benzene rings is 1. The molecule has 3 N–H and O–H groups in total. The van der Waals surface area contributed by atoms with Gasteiger partial charge in [0, 0.05) is 25.5 Å². The van der Waals surface area contributed by atoms with Crippen LogP contribution in [0.3, 0.4) is 0 Å². The molecule has 1 saturated heterocycles. The minimum atomic E-state index is -4.57. The maximum atomic E-state index is 13.2. The Morgan fingerprint density at radius 3 is 2.61 bits per heavy atom. The summed E-state index contributed by atoms with van der Waals surface area (Å²) >= 11 is 0. The lowest BCUT2D eigenvalue weighted by Gasteiger charge is -2.24. The lowest BCUT2D eigenvalue weighted by Crippen LogP contribution is -2.36. The summed E-state index contributed by atoms with van der Waals surface area (Å²) in [5.74, 6) is -0.881. The first-order chi connectivity index (χ1) is 14.9. The van der Waals surface area contributed by atoms with E-state index in [9.17, 15) is 22.8 Å². The summed E-state index contributed by atoms with van der Waals surface area (Å²) in [4.78, 5) is 35.9. The number of anilines is 3. The van der Waals surface area contributed by atoms with Crippen molar-refractivity contribution < 1.29 is 27.5 Å². The topological polar surface area (TPSA) is 114 Å². The second kappa shape index (κ2) is 9.79. The smallest absolute Gasteiger partial charge is 0.383 e. The number of urea groups is 1. The second-order valence-corrected chi connectivity index (χ2v) is 7.87. The first kappa shape index (κ1) is 26.1. The molecule has 0 radical (unpaired) electrons. The van der Waals surface area contributed by atoms with Crippen LogP contribution in [0.15, 0.2) is 30.5 Å². The molecule has 33 heavy (non-hydrogen) atoms. The molecular formula is C20H24ClF3N6O3. The molecule has 180 valence electrons. The highest BCUT2D eigenvalue weighted by atomic mass is 35.5. The molecule has 1 aliphatic heterocycles. The Morgan fingerprint density at radius 2 is 2.06 bits per heavy atom. The first-order valence-electron chi connectivity index (χ1n) is 9.63. The highest BCUT2D eigenvalue weighted by Crippen LogP contribution is 2.32. The zero-order chi connectivity index (χ0) is 23.7. The normalized spacial score (nSPS) is 15.1. The lowest BCUT2D eigenvalue weighted by molar-refractivity contribution is -0.137. The Morgan fingerprint density at radius 1 is 1.36 bits per heavy atom. The van der Waals surface area contributed by atoms with E-state index in [0.29, 0.717) is 6.54 Å². The fourth-order valence-electron chi connectivity index (χ4n) is 3.23. The van der Waals surface area contributed by atoms with E-state index in [1.165, 1.54) is 24.1 Å². The number of carbonyl (C=O) groups is 2. The number of methoxy groups -OCH3 is 1. The van der Waals surface area contributed by atoms with Gasteiger partial charge in [-0.15, -0.1) is 12.4 Å². The van der Waals surface area contributed by atoms with Crippen LogP contribution in [0.2, 0.25) is 0 Å². The molecule has 9 nitrogen and oxygen atoms in total. The van der Waals surface area contributed by atoms with Gasteiger partial charge in [-0.2, -0.15) is 18.2 Å². The van der Waals surface area contributed by atoms with Crippen molar-refractivity contribution in [3.63, 3.8) is 0 Å². The van der Waals surface area contributed by atoms with Gasteiger partial charge in [0.25, 0.3) is 5.91 Å². The Labute approximate surface area is 194 Å². The molecule has 1 aromatic carbocycles. The van der Waals surface area contributed by atoms with Crippen LogP contribution in [-0.4, -0.2) is 54.3 Å². The first-order valence-corrected chi connectivity index (χ1v) is 9.63. The van der Waals surface area contributed by atoms with Gasteiger partial charge in [0.2, 0.25) is 5.95 Å². The average molecular weight is 489 g/mol. The highest BCUT2D eigenvalue weighted by molar-refractivity contribution is 6.09. The van der Waals surface area contributed by atoms with Crippen molar-refractivity contribution in [3.05, 3.63) is 41.6 Å². The zero-order valence-electron chi connectivity index (χ0n) is 18.1. The third-order valence-corrected chi connectivity index (χ3v) is 4.77. The number of alkyl halides is 3. The molecule has 0 saturated carbocycles. The molecule has 3 amide bonds. The SMILES string of the molecule is COCCN(C(=O)c1cnc(N2CC(C)(C)NC2=O)nc1N)c1cccc(C(F)(F)F)c1.Cl. The van der Waals surface area contributed by atoms with E-state index in [1.54, 1.807) is 0 Å². The molecule has 0 bridgehead atoms. The van der Waals surface area contributed by atoms with Crippen LogP contribution in [0.5, 0.6) is 0 Å². The van der Waals surface area contributed by atoms with Gasteiger partial charge in [-0.05, 0) is 32.0 Å². The maximum absolute atomic E-state index is 13.2. The molecule has 2 aromatic rings. The summed E-state index contributed by atoms with van der Waals surface area (Å²) in [5, 5.41) is 2.76. The summed E-state index contributed by atoms with van der Waals surface area (Å²) < 4.78 is 44.4. The number of rotatable bonds is 6. The van der Waals surface area contributed by atoms with Crippen molar-refractivity contribution in [3.8, 4) is 0 Å². The predicted molar refractivity (Wildman–Crippen MR) is 119 cm³/mol. The molecule has 0 atom stereocenters. The van der Waals surface area contributed by atoms with Crippen LogP contribution in [0.4, 0.5) is 35.4 Å². The monoisotopic (exact) mass is 488 g/mol. The van der Waals surface area contributed by atoms with Crippen LogP contribution < -0.4 is 20.9 Å². The lowest BCUT2D eigenvalue weighted by atomic mass is 10.1. The predicted octanol–water partition coefficient (Wildman–Crippen LogP) is 3.10. The molecule has 13 heteroatoms. The van der Waals surface area contributed by atoms with E-state index < -0.39 is 29.2 Å². The number of ether oxygens (including phenoxy) is 1. The number of nitrogens with zero attached hydrogens (tertiary/aromatic N) is 4. The maximum Gasteiger partial charge on any atom is 0.416 e. The Hall–Kier alpha value is -3.12. The van der Waals surface area contributed by atoms with Gasteiger partial charge in [-0.1, -0.05) is 6.07 Å². The molecule has 1 aliphatic rings. The summed E-state index contributed by atoms with van der Waals surface area (Å²) in [7, 11) is 1.41. The Kier molecular flexibility index (Phi) is 7.75. The van der Waals surface area contributed by atoms with Crippen molar-refractivity contribution in [2.45, 2.75) is 25.6 Å². The van der Waals surface area contributed by atoms with Gasteiger partial charge in [-0.3, -0.25) is 9.69 Å². The van der Waals surface area contributed by atoms with E-state index in [-0.39, 0.29) is 48.6 Å². The van der Waals surface area contributed by atoms with Gasteiger partial charge >= 0.3 is 12.2 Å². The number of amides is 3. The van der Waals surface area contributed by atoms with E-state index in [0.717, 1.165) is 23.2 Å². The van der Waals surface area contributed by atoms with E-state index in [2.05, 4.69) is 15.3 Å². The molecule has 0 unspecified atom stereocenters. The van der Waals surface area contributed by atoms with Crippen molar-refractivity contribution in [2.75, 3.05) is 42.3 Å². The summed E-state index contributed by atoms with van der Waals surface area (Å²) in [5.41, 5.74) is 4.50. The van der Waals surface area contributed by atoms with E-state index >= 15 is 0 Å². The third-order valence-electron chi connectivity index (χ3n) is 4.77. The molecule has 3 rings (SSSR count). The van der Waals surface area contributed by atoms with Gasteiger partial charge in [-0.25, -0.2) is 9.78 Å². The average Bonchev–Trinajstić information content (AvgIpc) is 3.00. The number of halogens is 4. The number of hydrogen-bond acceptors (Lipinski definition) is 6. The molecule has 1 fully saturated rings. The molecular weight excluding hydrogens is 465 g/mol. The van der Waals surface area contributed by atoms with Gasteiger partial charge in [0.05, 0.1) is 24.3 Å². The standard InChI is InChI=1S/C20H23F3N6O3.ClH/c1-19(2)11-29(18(31)27-19)17-25-10-14(15(24)26-17)16(30)28(7-8-32-3)13-6-4-5-12(9-13)20(21,22)23;/h4-6,9-10H,7-8,11H2,1-3H3,(H,27,31)(H2,24,25,26);1H. The Balaban J connectivity index is 0.00000385. The van der Waals surface area contributed by atoms with Crippen LogP contribution >= 0.6 is 12.4 Å². The van der Waals surface area contributed by atoms with Gasteiger partial charge < -0.3 is 20.7 Å². The van der Waals surface area contributed by atoms with Crippen LogP contribution in [-0.2, 0) is 10.9 Å². The minimum absolute atomic E-state index is 0. The van der Waals surface area contributed by atoms with Gasteiger partial charge in [0.1, 0.15) is 11.4 Å². The van der Waals surface area contributed by atoms with Crippen molar-refractivity contribution >= 4 is 41.8 Å². The van der Waals surface area contributed by atoms with Gasteiger partial charge in [0.15, 0.2) is 0 Å². The van der Waals surface area contributed by atoms with Crippen molar-refractivity contribution in [1.82, 2.24) is 15.3 Å². The number of hydrogen-bond donors (Lipinski definition) is 2. The molecule has 2 heterocycles. The summed E-state index contributed by atoms with van der Waals surface area (Å²) in [6.07, 6.45) is -3.41. The number of nitrogens with two attached hydrogens (primary N) is 1. The van der Waals surface area contributed by atoms with Crippen molar-refractivity contribution in [1.29, 1.82) is 0 Å². The highest BCUT2D eigenvalue weighted by Gasteiger charge is 2.37. The number of carbonyl (C=O) groups excluding carboxylic acids is 2. The quantitative estimate of drug-likeness (QED) is 0.646. The van der Waals surface area contributed by atoms with Crippen LogP contribution in [0, 0.1) is 0 Å². The fraction of sp³-hybridized carbons (Fsp3) is 0.400. The summed E-state index contributed by atoms with van der Waals surface area (Å²) in [6, 6.07) is 3.97. The molecule has 1 aromatic heterocycles. The number of nitrogens with one attached hydrogen (secondary N) is 1. The second-order valence-electron chi connectivity index (χ2n) is 7.87. The third kappa shape index (κ3) is 5.82. The Bertz CT molecular complexity index is 1030. The molecule has 0 spiro atoms. The largest absolute Gasteiger partial charge is 0.416 e. The van der Waals surface area contributed by atoms with Crippen molar-refractivity contribution in [2.24, 2.45) is 0 Å². The van der Waals surface area contributed by atoms with E-state index in [4.69, 9.17) is 10.5 Å². The summed E-state index contributed by atoms with van der Waals surface area (Å²) in [6.45, 7) is 4.00. The van der Waals surface area contributed by atoms with E-state index in [1.807, 2.05) is 13.8 Å².